The van der Waals surface area contributed by atoms with Gasteiger partial charge in [-0.15, -0.1) is 0 Å². The first-order chi connectivity index (χ1) is 15.9. The topological polar surface area (TPSA) is 100 Å². The summed E-state index contributed by atoms with van der Waals surface area (Å²) in [5.74, 6) is 0.104. The zero-order chi connectivity index (χ0) is 23.8. The SMILES string of the molecule is C=CC(=C)Nc1ccc(F)c(Nc2nc(N/C(C=NC)=C/N)ncc2-c2ccccc2Cl)c1. The van der Waals surface area contributed by atoms with E-state index in [0.29, 0.717) is 39.0 Å². The zero-order valence-corrected chi connectivity index (χ0v) is 18.7. The second-order valence-electron chi connectivity index (χ2n) is 6.74. The van der Waals surface area contributed by atoms with Crippen molar-refractivity contribution in [2.24, 2.45) is 10.7 Å². The van der Waals surface area contributed by atoms with E-state index in [2.05, 4.69) is 44.1 Å². The van der Waals surface area contributed by atoms with E-state index in [-0.39, 0.29) is 11.6 Å². The number of hydrogen-bond acceptors (Lipinski definition) is 7. The highest BCUT2D eigenvalue weighted by Crippen LogP contribution is 2.35. The van der Waals surface area contributed by atoms with E-state index in [4.69, 9.17) is 17.3 Å². The van der Waals surface area contributed by atoms with Gasteiger partial charge in [-0.05, 0) is 30.3 Å². The molecule has 0 bridgehead atoms. The van der Waals surface area contributed by atoms with Gasteiger partial charge >= 0.3 is 0 Å². The zero-order valence-electron chi connectivity index (χ0n) is 17.9. The van der Waals surface area contributed by atoms with Gasteiger partial charge in [0, 0.05) is 53.2 Å². The normalized spacial score (nSPS) is 11.3. The summed E-state index contributed by atoms with van der Waals surface area (Å²) < 4.78 is 14.7. The summed E-state index contributed by atoms with van der Waals surface area (Å²) in [7, 11) is 1.62. The summed E-state index contributed by atoms with van der Waals surface area (Å²) in [5.41, 5.74) is 8.79. The van der Waals surface area contributed by atoms with Crippen molar-refractivity contribution < 1.29 is 4.39 Å². The lowest BCUT2D eigenvalue weighted by atomic mass is 10.1. The molecule has 5 N–H and O–H groups in total. The third-order valence-corrected chi connectivity index (χ3v) is 4.76. The number of nitrogens with zero attached hydrogens (tertiary/aromatic N) is 3. The van der Waals surface area contributed by atoms with Crippen LogP contribution in [0.3, 0.4) is 0 Å². The average molecular weight is 464 g/mol. The third kappa shape index (κ3) is 5.96. The van der Waals surface area contributed by atoms with Gasteiger partial charge in [0.2, 0.25) is 5.95 Å². The third-order valence-electron chi connectivity index (χ3n) is 4.43. The standard InChI is InChI=1S/C24H23ClFN7/c1-4-15(2)30-16-9-10-21(26)22(11-16)32-23-19(18-7-5-6-8-20(18)25)14-29-24(33-23)31-17(12-27)13-28-3/h4-14,30H,1-2,27H2,3H3,(H2,29,31,32,33)/b17-12+,28-13?. The van der Waals surface area contributed by atoms with Crippen LogP contribution in [0.4, 0.5) is 27.5 Å². The van der Waals surface area contributed by atoms with Gasteiger partial charge in [0.1, 0.15) is 11.6 Å². The number of anilines is 4. The number of hydrogen-bond donors (Lipinski definition) is 4. The van der Waals surface area contributed by atoms with Crippen molar-refractivity contribution in [2.45, 2.75) is 0 Å². The molecular formula is C24H23ClFN7. The van der Waals surface area contributed by atoms with Gasteiger partial charge in [-0.3, -0.25) is 4.99 Å². The number of nitrogens with one attached hydrogen (secondary N) is 3. The molecule has 1 aromatic heterocycles. The van der Waals surface area contributed by atoms with Crippen molar-refractivity contribution in [1.29, 1.82) is 0 Å². The molecule has 0 aliphatic rings. The van der Waals surface area contributed by atoms with Crippen LogP contribution in [0.1, 0.15) is 0 Å². The van der Waals surface area contributed by atoms with Crippen LogP contribution in [-0.2, 0) is 0 Å². The van der Waals surface area contributed by atoms with Gasteiger partial charge in [0.25, 0.3) is 0 Å². The molecule has 0 saturated heterocycles. The molecule has 0 radical (unpaired) electrons. The first-order valence-corrected chi connectivity index (χ1v) is 10.2. The van der Waals surface area contributed by atoms with Crippen molar-refractivity contribution in [2.75, 3.05) is 23.0 Å². The Balaban J connectivity index is 2.07. The molecule has 0 aliphatic carbocycles. The van der Waals surface area contributed by atoms with E-state index < -0.39 is 5.82 Å². The maximum atomic E-state index is 14.7. The minimum absolute atomic E-state index is 0.194. The average Bonchev–Trinajstić information content (AvgIpc) is 2.81. The summed E-state index contributed by atoms with van der Waals surface area (Å²) in [4.78, 5) is 12.8. The number of benzene rings is 2. The van der Waals surface area contributed by atoms with Crippen LogP contribution in [0, 0.1) is 5.82 Å². The van der Waals surface area contributed by atoms with E-state index in [1.807, 2.05) is 18.2 Å². The molecule has 0 atom stereocenters. The van der Waals surface area contributed by atoms with E-state index in [0.717, 1.165) is 0 Å². The van der Waals surface area contributed by atoms with Gasteiger partial charge in [-0.25, -0.2) is 9.37 Å². The Morgan fingerprint density at radius 1 is 1.18 bits per heavy atom. The lowest BCUT2D eigenvalue weighted by molar-refractivity contribution is 0.632. The molecule has 0 unspecified atom stereocenters. The number of aromatic nitrogens is 2. The van der Waals surface area contributed by atoms with Gasteiger partial charge in [0.15, 0.2) is 0 Å². The molecule has 1 heterocycles. The van der Waals surface area contributed by atoms with Gasteiger partial charge < -0.3 is 21.7 Å². The summed E-state index contributed by atoms with van der Waals surface area (Å²) in [6.45, 7) is 7.48. The molecule has 3 rings (SSSR count). The van der Waals surface area contributed by atoms with Crippen LogP contribution in [0.15, 0.2) is 90.5 Å². The van der Waals surface area contributed by atoms with Crippen LogP contribution in [-0.4, -0.2) is 23.2 Å². The molecule has 33 heavy (non-hydrogen) atoms. The van der Waals surface area contributed by atoms with Crippen LogP contribution < -0.4 is 21.7 Å². The highest BCUT2D eigenvalue weighted by atomic mass is 35.5. The second kappa shape index (κ2) is 10.9. The molecule has 0 aliphatic heterocycles. The van der Waals surface area contributed by atoms with Crippen molar-refractivity contribution >= 4 is 41.0 Å². The molecule has 9 heteroatoms. The number of halogens is 2. The first kappa shape index (κ1) is 23.5. The Morgan fingerprint density at radius 3 is 2.67 bits per heavy atom. The Bertz CT molecular complexity index is 1240. The van der Waals surface area contributed by atoms with Gasteiger partial charge in [0.05, 0.1) is 11.4 Å². The Labute approximate surface area is 196 Å². The predicted molar refractivity (Wildman–Crippen MR) is 135 cm³/mol. The molecule has 7 nitrogen and oxygen atoms in total. The van der Waals surface area contributed by atoms with E-state index >= 15 is 0 Å². The summed E-state index contributed by atoms with van der Waals surface area (Å²) in [6.07, 6.45) is 6.03. The first-order valence-electron chi connectivity index (χ1n) is 9.83. The Hall–Kier alpha value is -4.17. The monoisotopic (exact) mass is 463 g/mol. The van der Waals surface area contributed by atoms with Crippen LogP contribution in [0.5, 0.6) is 0 Å². The quantitative estimate of drug-likeness (QED) is 0.240. The highest BCUT2D eigenvalue weighted by Gasteiger charge is 2.15. The van der Waals surface area contributed by atoms with Gasteiger partial charge in [-0.1, -0.05) is 43.0 Å². The molecule has 0 amide bonds. The molecule has 0 saturated carbocycles. The fraction of sp³-hybridized carbons (Fsp3) is 0.0417. The van der Waals surface area contributed by atoms with E-state index in [1.165, 1.54) is 18.5 Å². The Morgan fingerprint density at radius 2 is 1.97 bits per heavy atom. The maximum Gasteiger partial charge on any atom is 0.229 e. The minimum Gasteiger partial charge on any atom is -0.403 e. The molecular weight excluding hydrogens is 441 g/mol. The molecule has 2 aromatic carbocycles. The number of rotatable bonds is 9. The van der Waals surface area contributed by atoms with Crippen LogP contribution in [0.2, 0.25) is 5.02 Å². The van der Waals surface area contributed by atoms with Crippen molar-refractivity contribution in [1.82, 2.24) is 9.97 Å². The van der Waals surface area contributed by atoms with Crippen molar-refractivity contribution in [3.8, 4) is 11.1 Å². The number of aliphatic imine (C=N–C) groups is 1. The molecule has 168 valence electrons. The maximum absolute atomic E-state index is 14.7. The summed E-state index contributed by atoms with van der Waals surface area (Å²) in [6, 6.07) is 11.8. The lowest BCUT2D eigenvalue weighted by Gasteiger charge is -2.16. The van der Waals surface area contributed by atoms with Crippen LogP contribution in [0.25, 0.3) is 11.1 Å². The smallest absolute Gasteiger partial charge is 0.229 e. The highest BCUT2D eigenvalue weighted by molar-refractivity contribution is 6.33. The fourth-order valence-corrected chi connectivity index (χ4v) is 3.10. The summed E-state index contributed by atoms with van der Waals surface area (Å²) >= 11 is 6.41. The fourth-order valence-electron chi connectivity index (χ4n) is 2.86. The number of nitrogens with two attached hydrogens (primary N) is 1. The lowest BCUT2D eigenvalue weighted by Crippen LogP contribution is -2.09. The molecule has 0 fully saturated rings. The number of allylic oxidation sites excluding steroid dienone is 2. The van der Waals surface area contributed by atoms with E-state index in [1.54, 1.807) is 37.5 Å². The van der Waals surface area contributed by atoms with Crippen LogP contribution >= 0.6 is 11.6 Å². The second-order valence-corrected chi connectivity index (χ2v) is 7.15. The minimum atomic E-state index is -0.469. The predicted octanol–water partition coefficient (Wildman–Crippen LogP) is 5.70. The Kier molecular flexibility index (Phi) is 7.77. The van der Waals surface area contributed by atoms with Gasteiger partial charge in [-0.2, -0.15) is 4.98 Å². The largest absolute Gasteiger partial charge is 0.403 e. The van der Waals surface area contributed by atoms with E-state index in [9.17, 15) is 4.39 Å². The van der Waals surface area contributed by atoms with Crippen molar-refractivity contribution in [3.05, 3.63) is 96.3 Å². The molecule has 3 aromatic rings. The van der Waals surface area contributed by atoms with Crippen molar-refractivity contribution in [3.63, 3.8) is 0 Å². The summed E-state index contributed by atoms with van der Waals surface area (Å²) in [5, 5.41) is 9.57. The molecule has 0 spiro atoms.